The molecule has 0 radical (unpaired) electrons. The Kier molecular flexibility index (Phi) is 4.73. The van der Waals surface area contributed by atoms with Crippen molar-refractivity contribution in [1.82, 2.24) is 4.90 Å². The number of carbonyl (C=O) groups is 1. The maximum Gasteiger partial charge on any atom is 0.254 e. The Labute approximate surface area is 146 Å². The number of amides is 1. The van der Waals surface area contributed by atoms with Crippen molar-refractivity contribution < 1.29 is 23.0 Å². The summed E-state index contributed by atoms with van der Waals surface area (Å²) in [4.78, 5) is 14.2. The van der Waals surface area contributed by atoms with Gasteiger partial charge >= 0.3 is 0 Å². The van der Waals surface area contributed by atoms with E-state index in [4.69, 9.17) is 9.47 Å². The maximum absolute atomic E-state index is 13.4. The van der Waals surface area contributed by atoms with Crippen LogP contribution in [0.3, 0.4) is 0 Å². The topological polar surface area (TPSA) is 38.8 Å². The van der Waals surface area contributed by atoms with Gasteiger partial charge < -0.3 is 14.4 Å². The van der Waals surface area contributed by atoms with Gasteiger partial charge in [0.2, 0.25) is 0 Å². The van der Waals surface area contributed by atoms with Crippen LogP contribution in [0, 0.1) is 29.4 Å². The van der Waals surface area contributed by atoms with Gasteiger partial charge in [0.05, 0.1) is 12.7 Å². The molecule has 2 aliphatic heterocycles. The van der Waals surface area contributed by atoms with Crippen LogP contribution in [0.15, 0.2) is 18.2 Å². The number of ether oxygens (including phenoxy) is 2. The van der Waals surface area contributed by atoms with E-state index in [1.54, 1.807) is 4.90 Å². The van der Waals surface area contributed by atoms with Gasteiger partial charge in [-0.15, -0.1) is 0 Å². The molecular weight excluding hydrogens is 328 g/mol. The standard InChI is InChI=1S/C19H23F2NO3/c20-15-5-14(6-16(21)7-15)19(23)22-8-17-13(11-25-18(17)9-22)3-4-24-10-12-1-2-12/h5-7,12-13,17-18H,1-4,8-11H2/t13-,17-,18-/m0/s1. The zero-order valence-electron chi connectivity index (χ0n) is 14.1. The number of carbonyl (C=O) groups excluding carboxylic acids is 1. The number of benzene rings is 1. The minimum absolute atomic E-state index is 0.0239. The van der Waals surface area contributed by atoms with E-state index < -0.39 is 11.6 Å². The van der Waals surface area contributed by atoms with E-state index in [9.17, 15) is 13.6 Å². The van der Waals surface area contributed by atoms with Crippen molar-refractivity contribution in [2.45, 2.75) is 25.4 Å². The molecule has 1 aromatic carbocycles. The first-order chi connectivity index (χ1) is 12.1. The van der Waals surface area contributed by atoms with E-state index in [2.05, 4.69) is 0 Å². The second-order valence-corrected chi connectivity index (χ2v) is 7.47. The van der Waals surface area contributed by atoms with Crippen LogP contribution < -0.4 is 0 Å². The minimum Gasteiger partial charge on any atom is -0.381 e. The molecule has 136 valence electrons. The van der Waals surface area contributed by atoms with Crippen LogP contribution in [0.2, 0.25) is 0 Å². The van der Waals surface area contributed by atoms with Crippen molar-refractivity contribution in [3.8, 4) is 0 Å². The first-order valence-electron chi connectivity index (χ1n) is 9.05. The number of likely N-dealkylation sites (tertiary alicyclic amines) is 1. The third kappa shape index (κ3) is 3.85. The summed E-state index contributed by atoms with van der Waals surface area (Å²) in [7, 11) is 0. The zero-order chi connectivity index (χ0) is 17.4. The van der Waals surface area contributed by atoms with Gasteiger partial charge in [-0.1, -0.05) is 0 Å². The quantitative estimate of drug-likeness (QED) is 0.740. The summed E-state index contributed by atoms with van der Waals surface area (Å²) in [6.45, 7) is 3.36. The van der Waals surface area contributed by atoms with E-state index in [-0.39, 0.29) is 23.5 Å². The van der Waals surface area contributed by atoms with Gasteiger partial charge in [0, 0.05) is 43.9 Å². The molecule has 0 bridgehead atoms. The van der Waals surface area contributed by atoms with E-state index in [0.717, 1.165) is 43.8 Å². The van der Waals surface area contributed by atoms with E-state index in [1.165, 1.54) is 12.8 Å². The van der Waals surface area contributed by atoms with Gasteiger partial charge in [-0.3, -0.25) is 4.79 Å². The van der Waals surface area contributed by atoms with Crippen molar-refractivity contribution >= 4 is 5.91 Å². The van der Waals surface area contributed by atoms with Gasteiger partial charge in [-0.25, -0.2) is 8.78 Å². The van der Waals surface area contributed by atoms with Crippen molar-refractivity contribution in [2.24, 2.45) is 17.8 Å². The highest BCUT2D eigenvalue weighted by Crippen LogP contribution is 2.36. The summed E-state index contributed by atoms with van der Waals surface area (Å²) >= 11 is 0. The van der Waals surface area contributed by atoms with Crippen molar-refractivity contribution in [3.63, 3.8) is 0 Å². The predicted octanol–water partition coefficient (Wildman–Crippen LogP) is 2.87. The molecule has 0 unspecified atom stereocenters. The highest BCUT2D eigenvalue weighted by Gasteiger charge is 2.45. The lowest BCUT2D eigenvalue weighted by Crippen LogP contribution is -2.31. The summed E-state index contributed by atoms with van der Waals surface area (Å²) < 4.78 is 38.3. The van der Waals surface area contributed by atoms with Gasteiger partial charge in [0.1, 0.15) is 11.6 Å². The second kappa shape index (κ2) is 7.00. The smallest absolute Gasteiger partial charge is 0.254 e. The second-order valence-electron chi connectivity index (χ2n) is 7.47. The fraction of sp³-hybridized carbons (Fsp3) is 0.632. The average molecular weight is 351 g/mol. The molecule has 4 nitrogen and oxygen atoms in total. The number of hydrogen-bond acceptors (Lipinski definition) is 3. The predicted molar refractivity (Wildman–Crippen MR) is 87.1 cm³/mol. The highest BCUT2D eigenvalue weighted by atomic mass is 19.1. The van der Waals surface area contributed by atoms with Gasteiger partial charge in [0.15, 0.2) is 0 Å². The molecular formula is C19H23F2NO3. The molecule has 1 aliphatic carbocycles. The number of fused-ring (bicyclic) bond motifs is 1. The van der Waals surface area contributed by atoms with E-state index in [0.29, 0.717) is 25.6 Å². The maximum atomic E-state index is 13.4. The Morgan fingerprint density at radius 2 is 1.96 bits per heavy atom. The number of halogens is 2. The SMILES string of the molecule is O=C(c1cc(F)cc(F)c1)N1C[C@H]2[C@@H](CCOCC3CC3)CO[C@H]2C1. The first-order valence-corrected chi connectivity index (χ1v) is 9.05. The monoisotopic (exact) mass is 351 g/mol. The molecule has 0 aromatic heterocycles. The van der Waals surface area contributed by atoms with E-state index >= 15 is 0 Å². The average Bonchev–Trinajstić information content (AvgIpc) is 3.18. The molecule has 1 aromatic rings. The summed E-state index contributed by atoms with van der Waals surface area (Å²) in [5.74, 6) is -0.369. The fourth-order valence-electron chi connectivity index (χ4n) is 3.89. The molecule has 3 aliphatic rings. The van der Waals surface area contributed by atoms with Crippen LogP contribution >= 0.6 is 0 Å². The molecule has 1 amide bonds. The summed E-state index contributed by atoms with van der Waals surface area (Å²) in [6, 6.07) is 2.95. The van der Waals surface area contributed by atoms with Crippen LogP contribution in [0.4, 0.5) is 8.78 Å². The van der Waals surface area contributed by atoms with Crippen molar-refractivity contribution in [1.29, 1.82) is 0 Å². The summed E-state index contributed by atoms with van der Waals surface area (Å²) in [5, 5.41) is 0. The van der Waals surface area contributed by atoms with E-state index in [1.807, 2.05) is 0 Å². The number of rotatable bonds is 6. The van der Waals surface area contributed by atoms with Crippen LogP contribution in [0.25, 0.3) is 0 Å². The minimum atomic E-state index is -0.732. The normalized spacial score (nSPS) is 28.4. The summed E-state index contributed by atoms with van der Waals surface area (Å²) in [5.41, 5.74) is 0.0572. The molecule has 2 heterocycles. The third-order valence-electron chi connectivity index (χ3n) is 5.52. The summed E-state index contributed by atoms with van der Waals surface area (Å²) in [6.07, 6.45) is 3.53. The van der Waals surface area contributed by atoms with Crippen LogP contribution in [-0.2, 0) is 9.47 Å². The molecule has 3 atom stereocenters. The van der Waals surface area contributed by atoms with Crippen LogP contribution in [0.5, 0.6) is 0 Å². The molecule has 0 N–H and O–H groups in total. The molecule has 6 heteroatoms. The van der Waals surface area contributed by atoms with Gasteiger partial charge in [-0.05, 0) is 43.2 Å². The molecule has 3 fully saturated rings. The zero-order valence-corrected chi connectivity index (χ0v) is 14.1. The lowest BCUT2D eigenvalue weighted by molar-refractivity contribution is 0.0651. The molecule has 0 spiro atoms. The lowest BCUT2D eigenvalue weighted by atomic mass is 9.91. The number of nitrogens with zero attached hydrogens (tertiary/aromatic N) is 1. The largest absolute Gasteiger partial charge is 0.381 e. The third-order valence-corrected chi connectivity index (χ3v) is 5.52. The highest BCUT2D eigenvalue weighted by molar-refractivity contribution is 5.94. The Morgan fingerprint density at radius 1 is 1.20 bits per heavy atom. The number of hydrogen-bond donors (Lipinski definition) is 0. The van der Waals surface area contributed by atoms with Gasteiger partial charge in [0.25, 0.3) is 5.91 Å². The van der Waals surface area contributed by atoms with Crippen LogP contribution in [0.1, 0.15) is 29.6 Å². The van der Waals surface area contributed by atoms with Crippen molar-refractivity contribution in [3.05, 3.63) is 35.4 Å². The molecule has 25 heavy (non-hydrogen) atoms. The first kappa shape index (κ1) is 16.9. The molecule has 1 saturated carbocycles. The Morgan fingerprint density at radius 3 is 2.68 bits per heavy atom. The van der Waals surface area contributed by atoms with Crippen LogP contribution in [-0.4, -0.2) is 49.8 Å². The van der Waals surface area contributed by atoms with Gasteiger partial charge in [-0.2, -0.15) is 0 Å². The molecule has 4 rings (SSSR count). The fourth-order valence-corrected chi connectivity index (χ4v) is 3.89. The Balaban J connectivity index is 1.32. The molecule has 2 saturated heterocycles. The lowest BCUT2D eigenvalue weighted by Gasteiger charge is -2.20. The Bertz CT molecular complexity index is 629. The Hall–Kier alpha value is -1.53. The van der Waals surface area contributed by atoms with Crippen molar-refractivity contribution in [2.75, 3.05) is 32.9 Å².